The van der Waals surface area contributed by atoms with Gasteiger partial charge in [-0.3, -0.25) is 9.69 Å². The van der Waals surface area contributed by atoms with Gasteiger partial charge in [-0.05, 0) is 12.1 Å². The van der Waals surface area contributed by atoms with Gasteiger partial charge in [0.1, 0.15) is 6.54 Å². The molecule has 1 amide bonds. The number of carbonyl (C=O) groups excluding carboxylic acids is 1. The van der Waals surface area contributed by atoms with E-state index in [9.17, 15) is 9.59 Å². The van der Waals surface area contributed by atoms with Crippen LogP contribution < -0.4 is 4.74 Å². The minimum Gasteiger partial charge on any atom is -0.480 e. The van der Waals surface area contributed by atoms with Crippen LogP contribution in [0.4, 0.5) is 4.79 Å². The van der Waals surface area contributed by atoms with E-state index in [4.69, 9.17) is 21.4 Å². The number of hydrogen-bond donors (Lipinski definition) is 1. The van der Waals surface area contributed by atoms with E-state index < -0.39 is 18.6 Å². The van der Waals surface area contributed by atoms with Crippen LogP contribution in [0.5, 0.6) is 5.75 Å². The van der Waals surface area contributed by atoms with Crippen molar-refractivity contribution in [2.24, 2.45) is 0 Å². The highest BCUT2D eigenvalue weighted by atomic mass is 35.5. The molecule has 0 aliphatic carbocycles. The summed E-state index contributed by atoms with van der Waals surface area (Å²) >= 11 is 5.77. The molecular formula is C10H10ClNO4. The number of carboxylic acids is 1. The van der Waals surface area contributed by atoms with Crippen LogP contribution in [-0.2, 0) is 4.79 Å². The second-order valence-corrected chi connectivity index (χ2v) is 3.46. The van der Waals surface area contributed by atoms with Crippen molar-refractivity contribution in [1.29, 1.82) is 0 Å². The van der Waals surface area contributed by atoms with Gasteiger partial charge in [0.2, 0.25) is 0 Å². The Labute approximate surface area is 97.2 Å². The molecule has 5 nitrogen and oxygen atoms in total. The maximum absolute atomic E-state index is 11.4. The molecule has 0 heterocycles. The Hall–Kier alpha value is -1.75. The molecule has 1 aromatic carbocycles. The summed E-state index contributed by atoms with van der Waals surface area (Å²) in [5, 5.41) is 8.77. The summed E-state index contributed by atoms with van der Waals surface area (Å²) in [7, 11) is 1.33. The average molecular weight is 244 g/mol. The van der Waals surface area contributed by atoms with E-state index in [0.717, 1.165) is 4.90 Å². The standard InChI is InChI=1S/C10H10ClNO4/c1-12(6-9(13)14)10(15)16-8-5-3-2-4-7(8)11/h2-5H,6H2,1H3,(H,13,14). The Morgan fingerprint density at radius 3 is 2.62 bits per heavy atom. The zero-order chi connectivity index (χ0) is 12.1. The highest BCUT2D eigenvalue weighted by molar-refractivity contribution is 6.32. The average Bonchev–Trinajstić information content (AvgIpc) is 2.20. The van der Waals surface area contributed by atoms with Crippen LogP contribution >= 0.6 is 11.6 Å². The molecule has 0 unspecified atom stereocenters. The molecule has 1 rings (SSSR count). The van der Waals surface area contributed by atoms with Gasteiger partial charge in [0.15, 0.2) is 5.75 Å². The zero-order valence-corrected chi connectivity index (χ0v) is 9.27. The fraction of sp³-hybridized carbons (Fsp3) is 0.200. The lowest BCUT2D eigenvalue weighted by Gasteiger charge is -2.14. The maximum Gasteiger partial charge on any atom is 0.415 e. The molecule has 0 atom stereocenters. The summed E-state index contributed by atoms with van der Waals surface area (Å²) < 4.78 is 4.90. The van der Waals surface area contributed by atoms with Crippen LogP contribution in [0, 0.1) is 0 Å². The number of rotatable bonds is 3. The third kappa shape index (κ3) is 3.43. The number of hydrogen-bond acceptors (Lipinski definition) is 3. The third-order valence-corrected chi connectivity index (χ3v) is 2.03. The van der Waals surface area contributed by atoms with Crippen LogP contribution in [0.25, 0.3) is 0 Å². The quantitative estimate of drug-likeness (QED) is 0.880. The lowest BCUT2D eigenvalue weighted by molar-refractivity contribution is -0.137. The van der Waals surface area contributed by atoms with Crippen molar-refractivity contribution in [1.82, 2.24) is 4.90 Å². The first-order valence-corrected chi connectivity index (χ1v) is 4.78. The number of aliphatic carboxylic acids is 1. The largest absolute Gasteiger partial charge is 0.480 e. The molecule has 0 radical (unpaired) electrons. The molecule has 0 aromatic heterocycles. The Morgan fingerprint density at radius 1 is 1.44 bits per heavy atom. The maximum atomic E-state index is 11.4. The van der Waals surface area contributed by atoms with Crippen LogP contribution in [0.1, 0.15) is 0 Å². The molecule has 86 valence electrons. The Morgan fingerprint density at radius 2 is 2.06 bits per heavy atom. The number of para-hydroxylation sites is 1. The van der Waals surface area contributed by atoms with Gasteiger partial charge in [0.05, 0.1) is 5.02 Å². The highest BCUT2D eigenvalue weighted by Gasteiger charge is 2.15. The van der Waals surface area contributed by atoms with E-state index in [1.54, 1.807) is 18.2 Å². The summed E-state index contributed by atoms with van der Waals surface area (Å²) in [6, 6.07) is 6.45. The van der Waals surface area contributed by atoms with Crippen molar-refractivity contribution in [2.75, 3.05) is 13.6 Å². The first-order valence-electron chi connectivity index (χ1n) is 4.40. The molecule has 0 saturated carbocycles. The van der Waals surface area contributed by atoms with Gasteiger partial charge in [-0.15, -0.1) is 0 Å². The van der Waals surface area contributed by atoms with Crippen LogP contribution in [0.2, 0.25) is 5.02 Å². The normalized spacial score (nSPS) is 9.62. The molecule has 0 saturated heterocycles. The van der Waals surface area contributed by atoms with Gasteiger partial charge in [-0.2, -0.15) is 0 Å². The van der Waals surface area contributed by atoms with Crippen LogP contribution in [0.3, 0.4) is 0 Å². The fourth-order valence-corrected chi connectivity index (χ4v) is 1.14. The predicted molar refractivity (Wildman–Crippen MR) is 57.7 cm³/mol. The molecular weight excluding hydrogens is 234 g/mol. The molecule has 0 bridgehead atoms. The summed E-state index contributed by atoms with van der Waals surface area (Å²) in [4.78, 5) is 22.7. The summed E-state index contributed by atoms with van der Waals surface area (Å²) in [5.41, 5.74) is 0. The van der Waals surface area contributed by atoms with Crippen LogP contribution in [0.15, 0.2) is 24.3 Å². The van der Waals surface area contributed by atoms with Gasteiger partial charge in [-0.25, -0.2) is 4.79 Å². The molecule has 0 spiro atoms. The smallest absolute Gasteiger partial charge is 0.415 e. The van der Waals surface area contributed by atoms with Gasteiger partial charge in [0, 0.05) is 7.05 Å². The molecule has 0 fully saturated rings. The number of halogens is 1. The lowest BCUT2D eigenvalue weighted by atomic mass is 10.3. The van der Waals surface area contributed by atoms with Gasteiger partial charge in [0.25, 0.3) is 0 Å². The zero-order valence-electron chi connectivity index (χ0n) is 8.51. The van der Waals surface area contributed by atoms with Gasteiger partial charge < -0.3 is 9.84 Å². The number of ether oxygens (including phenoxy) is 1. The highest BCUT2D eigenvalue weighted by Crippen LogP contribution is 2.23. The van der Waals surface area contributed by atoms with E-state index in [1.807, 2.05) is 0 Å². The predicted octanol–water partition coefficient (Wildman–Crippen LogP) is 1.86. The fourth-order valence-electron chi connectivity index (χ4n) is 0.967. The lowest BCUT2D eigenvalue weighted by Crippen LogP contribution is -2.34. The SMILES string of the molecule is CN(CC(=O)O)C(=O)Oc1ccccc1Cl. The number of amides is 1. The van der Waals surface area contributed by atoms with Crippen molar-refractivity contribution in [3.63, 3.8) is 0 Å². The van der Waals surface area contributed by atoms with E-state index >= 15 is 0 Å². The molecule has 0 aliphatic heterocycles. The van der Waals surface area contributed by atoms with Gasteiger partial charge in [-0.1, -0.05) is 23.7 Å². The van der Waals surface area contributed by atoms with Gasteiger partial charge >= 0.3 is 12.1 Å². The van der Waals surface area contributed by atoms with Crippen molar-refractivity contribution in [3.05, 3.63) is 29.3 Å². The van der Waals surface area contributed by atoms with E-state index in [1.165, 1.54) is 13.1 Å². The van der Waals surface area contributed by atoms with Crippen molar-refractivity contribution < 1.29 is 19.4 Å². The minimum absolute atomic E-state index is 0.200. The monoisotopic (exact) mass is 243 g/mol. The third-order valence-electron chi connectivity index (χ3n) is 1.72. The van der Waals surface area contributed by atoms with E-state index in [2.05, 4.69) is 0 Å². The first kappa shape index (κ1) is 12.3. The van der Waals surface area contributed by atoms with Crippen molar-refractivity contribution >= 4 is 23.7 Å². The second kappa shape index (κ2) is 5.37. The molecule has 1 N–H and O–H groups in total. The first-order chi connectivity index (χ1) is 7.50. The number of benzene rings is 1. The van der Waals surface area contributed by atoms with Crippen molar-refractivity contribution in [2.45, 2.75) is 0 Å². The molecule has 0 aliphatic rings. The minimum atomic E-state index is -1.11. The Kier molecular flexibility index (Phi) is 4.13. The molecule has 6 heteroatoms. The Balaban J connectivity index is 2.64. The molecule has 16 heavy (non-hydrogen) atoms. The second-order valence-electron chi connectivity index (χ2n) is 3.05. The number of likely N-dealkylation sites (N-methyl/N-ethyl adjacent to an activating group) is 1. The number of nitrogens with zero attached hydrogens (tertiary/aromatic N) is 1. The topological polar surface area (TPSA) is 66.8 Å². The molecule has 1 aromatic rings. The summed E-state index contributed by atoms with van der Waals surface area (Å²) in [6.07, 6.45) is -0.768. The van der Waals surface area contributed by atoms with E-state index in [0.29, 0.717) is 5.02 Å². The van der Waals surface area contributed by atoms with E-state index in [-0.39, 0.29) is 5.75 Å². The Bertz CT molecular complexity index is 408. The van der Waals surface area contributed by atoms with Crippen LogP contribution in [-0.4, -0.2) is 35.7 Å². The summed E-state index contributed by atoms with van der Waals surface area (Å²) in [6.45, 7) is -0.427. The number of carbonyl (C=O) groups is 2. The summed E-state index contributed by atoms with van der Waals surface area (Å²) in [5.74, 6) is -0.912. The van der Waals surface area contributed by atoms with Crippen molar-refractivity contribution in [3.8, 4) is 5.75 Å². The number of carboxylic acid groups (broad SMARTS) is 1.